The lowest BCUT2D eigenvalue weighted by Gasteiger charge is -2.01. The number of oxime groups is 1. The molecule has 0 aliphatic carbocycles. The van der Waals surface area contributed by atoms with Crippen LogP contribution in [0.15, 0.2) is 48.3 Å². The highest BCUT2D eigenvalue weighted by molar-refractivity contribution is 5.97. The van der Waals surface area contributed by atoms with Gasteiger partial charge in [0.05, 0.1) is 11.9 Å². The van der Waals surface area contributed by atoms with Gasteiger partial charge in [0, 0.05) is 0 Å². The molecule has 0 saturated carbocycles. The molecular weight excluding hydrogens is 277 g/mol. The minimum atomic E-state index is -0.324. The molecule has 8 nitrogen and oxygen atoms in total. The maximum Gasteiger partial charge on any atom is 0.223 e. The third-order valence-corrected chi connectivity index (χ3v) is 2.59. The molecule has 0 aliphatic heterocycles. The summed E-state index contributed by atoms with van der Waals surface area (Å²) in [5.74, 6) is 0.0127. The Labute approximate surface area is 118 Å². The van der Waals surface area contributed by atoms with Crippen molar-refractivity contribution < 1.29 is 9.23 Å². The van der Waals surface area contributed by atoms with Crippen molar-refractivity contribution in [1.82, 2.24) is 29.8 Å². The minimum absolute atomic E-state index is 0.324. The average molecular weight is 287 g/mol. The van der Waals surface area contributed by atoms with Gasteiger partial charge in [0.1, 0.15) is 25.6 Å². The van der Waals surface area contributed by atoms with E-state index in [9.17, 15) is 4.39 Å². The van der Waals surface area contributed by atoms with E-state index in [1.54, 1.807) is 12.1 Å². The lowest BCUT2D eigenvalue weighted by atomic mass is 10.3. The van der Waals surface area contributed by atoms with Crippen LogP contribution in [0, 0.1) is 5.82 Å². The van der Waals surface area contributed by atoms with Crippen molar-refractivity contribution in [2.75, 3.05) is 7.11 Å². The highest BCUT2D eigenvalue weighted by Gasteiger charge is 2.13. The molecule has 0 saturated heterocycles. The van der Waals surface area contributed by atoms with Crippen LogP contribution in [-0.2, 0) is 4.84 Å². The molecular formula is C12H10FN7O. The predicted octanol–water partition coefficient (Wildman–Crippen LogP) is 0.854. The molecule has 1 aromatic carbocycles. The number of benzene rings is 1. The van der Waals surface area contributed by atoms with Gasteiger partial charge >= 0.3 is 0 Å². The Hall–Kier alpha value is -3.10. The van der Waals surface area contributed by atoms with E-state index in [0.29, 0.717) is 17.2 Å². The van der Waals surface area contributed by atoms with Crippen LogP contribution in [0.4, 0.5) is 4.39 Å². The Morgan fingerprint density at radius 3 is 2.71 bits per heavy atom. The summed E-state index contributed by atoms with van der Waals surface area (Å²) in [6, 6.07) is 5.81. The first kappa shape index (κ1) is 12.9. The third-order valence-electron chi connectivity index (χ3n) is 2.59. The monoisotopic (exact) mass is 287 g/mol. The first-order valence-corrected chi connectivity index (χ1v) is 5.93. The normalized spacial score (nSPS) is 11.6. The minimum Gasteiger partial charge on any atom is -0.397 e. The van der Waals surface area contributed by atoms with E-state index in [1.807, 2.05) is 0 Å². The molecule has 0 atom stereocenters. The number of hydrogen-bond acceptors (Lipinski definition) is 6. The zero-order chi connectivity index (χ0) is 14.7. The second kappa shape index (κ2) is 5.49. The van der Waals surface area contributed by atoms with Crippen LogP contribution in [0.1, 0.15) is 5.69 Å². The van der Waals surface area contributed by atoms with Crippen molar-refractivity contribution in [2.24, 2.45) is 5.16 Å². The molecule has 0 spiro atoms. The molecule has 0 bridgehead atoms. The second-order valence-corrected chi connectivity index (χ2v) is 3.93. The van der Waals surface area contributed by atoms with E-state index in [4.69, 9.17) is 4.84 Å². The summed E-state index contributed by atoms with van der Waals surface area (Å²) in [4.78, 5) is 9.99. The Balaban J connectivity index is 1.97. The summed E-state index contributed by atoms with van der Waals surface area (Å²) < 4.78 is 14.3. The Kier molecular flexibility index (Phi) is 3.37. The van der Waals surface area contributed by atoms with Crippen molar-refractivity contribution >= 4 is 5.84 Å². The van der Waals surface area contributed by atoms with Gasteiger partial charge in [-0.3, -0.25) is 0 Å². The molecule has 0 unspecified atom stereocenters. The summed E-state index contributed by atoms with van der Waals surface area (Å²) >= 11 is 0. The van der Waals surface area contributed by atoms with Gasteiger partial charge in [-0.2, -0.15) is 19.7 Å². The SMILES string of the molecule is CON=C(c1cnn(-c2ccc(F)cc2)n1)n1cncn1. The van der Waals surface area contributed by atoms with Crippen molar-refractivity contribution in [3.05, 3.63) is 54.6 Å². The van der Waals surface area contributed by atoms with Crippen LogP contribution in [0.2, 0.25) is 0 Å². The average Bonchev–Trinajstić information content (AvgIpc) is 3.17. The van der Waals surface area contributed by atoms with Gasteiger partial charge in [-0.15, -0.1) is 5.10 Å². The third kappa shape index (κ3) is 2.61. The lowest BCUT2D eigenvalue weighted by Crippen LogP contribution is -2.15. The molecule has 106 valence electrons. The smallest absolute Gasteiger partial charge is 0.223 e. The number of hydrogen-bond donors (Lipinski definition) is 0. The largest absolute Gasteiger partial charge is 0.397 e. The maximum atomic E-state index is 12.9. The van der Waals surface area contributed by atoms with Gasteiger partial charge in [0.2, 0.25) is 5.84 Å². The van der Waals surface area contributed by atoms with Crippen molar-refractivity contribution in [3.63, 3.8) is 0 Å². The van der Waals surface area contributed by atoms with Crippen LogP contribution in [0.5, 0.6) is 0 Å². The van der Waals surface area contributed by atoms with Crippen molar-refractivity contribution in [1.29, 1.82) is 0 Å². The van der Waals surface area contributed by atoms with Crippen LogP contribution in [0.25, 0.3) is 5.69 Å². The van der Waals surface area contributed by atoms with Crippen LogP contribution in [-0.4, -0.2) is 42.7 Å². The van der Waals surface area contributed by atoms with Crippen LogP contribution in [0.3, 0.4) is 0 Å². The molecule has 0 fully saturated rings. The van der Waals surface area contributed by atoms with Gasteiger partial charge in [-0.05, 0) is 24.3 Å². The maximum absolute atomic E-state index is 12.9. The Bertz CT molecular complexity index is 748. The molecule has 3 rings (SSSR count). The number of rotatable bonds is 3. The molecule has 9 heteroatoms. The lowest BCUT2D eigenvalue weighted by molar-refractivity contribution is 0.212. The summed E-state index contributed by atoms with van der Waals surface area (Å²) in [5.41, 5.74) is 1.06. The van der Waals surface area contributed by atoms with Gasteiger partial charge in [-0.25, -0.2) is 9.37 Å². The number of nitrogens with zero attached hydrogens (tertiary/aromatic N) is 7. The fourth-order valence-corrected chi connectivity index (χ4v) is 1.67. The first-order valence-electron chi connectivity index (χ1n) is 5.93. The number of halogens is 1. The molecule has 3 aromatic rings. The summed E-state index contributed by atoms with van der Waals surface area (Å²) in [6.45, 7) is 0. The van der Waals surface area contributed by atoms with E-state index >= 15 is 0 Å². The second-order valence-electron chi connectivity index (χ2n) is 3.93. The molecule has 2 heterocycles. The Morgan fingerprint density at radius 1 is 1.24 bits per heavy atom. The zero-order valence-electron chi connectivity index (χ0n) is 11.0. The first-order chi connectivity index (χ1) is 10.3. The summed E-state index contributed by atoms with van der Waals surface area (Å²) in [7, 11) is 1.42. The fourth-order valence-electron chi connectivity index (χ4n) is 1.67. The molecule has 0 radical (unpaired) electrons. The standard InChI is InChI=1S/C12H10FN7O/c1-21-18-12(19-8-14-7-16-19)11-6-15-20(17-11)10-4-2-9(13)3-5-10/h2-8H,1H3. The predicted molar refractivity (Wildman–Crippen MR) is 70.3 cm³/mol. The van der Waals surface area contributed by atoms with Crippen LogP contribution >= 0.6 is 0 Å². The van der Waals surface area contributed by atoms with E-state index < -0.39 is 0 Å². The number of aromatic nitrogens is 6. The van der Waals surface area contributed by atoms with Crippen molar-refractivity contribution in [3.8, 4) is 5.69 Å². The van der Waals surface area contributed by atoms with Gasteiger partial charge in [0.25, 0.3) is 0 Å². The zero-order valence-corrected chi connectivity index (χ0v) is 11.0. The van der Waals surface area contributed by atoms with Crippen molar-refractivity contribution in [2.45, 2.75) is 0 Å². The quantitative estimate of drug-likeness (QED) is 0.405. The van der Waals surface area contributed by atoms with E-state index in [0.717, 1.165) is 0 Å². The molecule has 0 aliphatic rings. The molecule has 2 aromatic heterocycles. The molecule has 0 N–H and O–H groups in total. The fraction of sp³-hybridized carbons (Fsp3) is 0.0833. The van der Waals surface area contributed by atoms with E-state index in [1.165, 1.54) is 47.6 Å². The summed E-state index contributed by atoms with van der Waals surface area (Å²) in [5, 5.41) is 16.2. The van der Waals surface area contributed by atoms with Gasteiger partial charge in [-0.1, -0.05) is 5.16 Å². The van der Waals surface area contributed by atoms with Gasteiger partial charge in [0.15, 0.2) is 5.69 Å². The molecule has 21 heavy (non-hydrogen) atoms. The highest BCUT2D eigenvalue weighted by atomic mass is 19.1. The van der Waals surface area contributed by atoms with E-state index in [-0.39, 0.29) is 5.82 Å². The van der Waals surface area contributed by atoms with Gasteiger partial charge < -0.3 is 4.84 Å². The molecule has 0 amide bonds. The summed E-state index contributed by atoms with van der Waals surface area (Å²) in [6.07, 6.45) is 4.34. The highest BCUT2D eigenvalue weighted by Crippen LogP contribution is 2.08. The van der Waals surface area contributed by atoms with Crippen LogP contribution < -0.4 is 0 Å². The van der Waals surface area contributed by atoms with E-state index in [2.05, 4.69) is 25.4 Å². The topological polar surface area (TPSA) is 83.0 Å². The Morgan fingerprint density at radius 2 is 2.05 bits per heavy atom.